The Morgan fingerprint density at radius 1 is 1.18 bits per heavy atom. The van der Waals surface area contributed by atoms with Crippen LogP contribution in [0.3, 0.4) is 0 Å². The molecular weight excluding hydrogens is 428 g/mol. The van der Waals surface area contributed by atoms with Gasteiger partial charge in [0.15, 0.2) is 5.43 Å². The highest BCUT2D eigenvalue weighted by atomic mass is 79.9. The monoisotopic (exact) mass is 440 g/mol. The van der Waals surface area contributed by atoms with Gasteiger partial charge in [-0.1, -0.05) is 6.07 Å². The number of halogens is 2. The number of pyridine rings is 1. The second-order valence-electron chi connectivity index (χ2n) is 5.15. The number of para-hydroxylation sites is 1. The quantitative estimate of drug-likeness (QED) is 0.587. The third kappa shape index (κ3) is 3.35. The van der Waals surface area contributed by atoms with Crippen LogP contribution >= 0.6 is 43.2 Å². The van der Waals surface area contributed by atoms with E-state index >= 15 is 0 Å². The first-order valence-corrected chi connectivity index (χ1v) is 9.15. The number of hydrogen-bond donors (Lipinski definition) is 0. The number of benzene rings is 1. The summed E-state index contributed by atoms with van der Waals surface area (Å²) in [7, 11) is 2.08. The van der Waals surface area contributed by atoms with Crippen LogP contribution in [0.15, 0.2) is 55.6 Å². The SMILES string of the molecule is CN(Cc1ccc(Br)s1)Cn1ccc(=O)c2cccc(Br)c21. The first-order chi connectivity index (χ1) is 10.5. The van der Waals surface area contributed by atoms with E-state index in [-0.39, 0.29) is 5.43 Å². The Balaban J connectivity index is 1.90. The molecule has 0 atom stereocenters. The summed E-state index contributed by atoms with van der Waals surface area (Å²) < 4.78 is 4.19. The molecule has 0 aliphatic rings. The summed E-state index contributed by atoms with van der Waals surface area (Å²) in [5, 5.41) is 0.740. The van der Waals surface area contributed by atoms with Crippen molar-refractivity contribution < 1.29 is 0 Å². The van der Waals surface area contributed by atoms with Gasteiger partial charge in [-0.2, -0.15) is 0 Å². The Hall–Kier alpha value is -0.950. The molecule has 0 aliphatic carbocycles. The second-order valence-corrected chi connectivity index (χ2v) is 8.55. The van der Waals surface area contributed by atoms with Crippen LogP contribution in [0.5, 0.6) is 0 Å². The van der Waals surface area contributed by atoms with E-state index in [1.54, 1.807) is 17.4 Å². The summed E-state index contributed by atoms with van der Waals surface area (Å²) in [6, 6.07) is 11.6. The van der Waals surface area contributed by atoms with Crippen molar-refractivity contribution in [3.63, 3.8) is 0 Å². The zero-order valence-electron chi connectivity index (χ0n) is 11.9. The average Bonchev–Trinajstić information content (AvgIpc) is 2.87. The Labute approximate surface area is 149 Å². The maximum atomic E-state index is 12.0. The molecule has 0 unspecified atom stereocenters. The van der Waals surface area contributed by atoms with Gasteiger partial charge in [0.1, 0.15) is 0 Å². The van der Waals surface area contributed by atoms with Gasteiger partial charge < -0.3 is 4.57 Å². The van der Waals surface area contributed by atoms with E-state index in [0.29, 0.717) is 0 Å². The minimum atomic E-state index is 0.0531. The van der Waals surface area contributed by atoms with E-state index in [2.05, 4.69) is 60.5 Å². The zero-order valence-corrected chi connectivity index (χ0v) is 15.9. The average molecular weight is 442 g/mol. The number of hydrogen-bond acceptors (Lipinski definition) is 3. The molecule has 0 spiro atoms. The molecular formula is C16H14Br2N2OS. The Morgan fingerprint density at radius 2 is 2.00 bits per heavy atom. The van der Waals surface area contributed by atoms with Gasteiger partial charge in [0, 0.05) is 33.5 Å². The fourth-order valence-electron chi connectivity index (χ4n) is 2.46. The summed E-state index contributed by atoms with van der Waals surface area (Å²) in [5.74, 6) is 0. The fraction of sp³-hybridized carbons (Fsp3) is 0.188. The summed E-state index contributed by atoms with van der Waals surface area (Å²) >= 11 is 8.79. The van der Waals surface area contributed by atoms with E-state index < -0.39 is 0 Å². The smallest absolute Gasteiger partial charge is 0.189 e. The van der Waals surface area contributed by atoms with E-state index in [1.165, 1.54) is 4.88 Å². The Kier molecular flexibility index (Phi) is 4.82. The van der Waals surface area contributed by atoms with Crippen LogP contribution in [0.2, 0.25) is 0 Å². The van der Waals surface area contributed by atoms with Gasteiger partial charge in [-0.05, 0) is 63.2 Å². The maximum Gasteiger partial charge on any atom is 0.189 e. The summed E-state index contributed by atoms with van der Waals surface area (Å²) in [4.78, 5) is 15.5. The second kappa shape index (κ2) is 6.66. The molecule has 114 valence electrons. The molecule has 0 saturated carbocycles. The third-order valence-electron chi connectivity index (χ3n) is 3.39. The predicted molar refractivity (Wildman–Crippen MR) is 99.4 cm³/mol. The van der Waals surface area contributed by atoms with Gasteiger partial charge in [-0.3, -0.25) is 9.69 Å². The molecule has 0 aliphatic heterocycles. The molecule has 2 heterocycles. The highest BCUT2D eigenvalue weighted by Crippen LogP contribution is 2.24. The van der Waals surface area contributed by atoms with Crippen LogP contribution in [0.4, 0.5) is 0 Å². The lowest BCUT2D eigenvalue weighted by Crippen LogP contribution is -2.22. The van der Waals surface area contributed by atoms with Crippen LogP contribution < -0.4 is 5.43 Å². The van der Waals surface area contributed by atoms with Crippen LogP contribution in [0, 0.1) is 0 Å². The van der Waals surface area contributed by atoms with Gasteiger partial charge in [0.05, 0.1) is 16.0 Å². The van der Waals surface area contributed by atoms with Crippen LogP contribution in [0.1, 0.15) is 4.88 Å². The van der Waals surface area contributed by atoms with Crippen molar-refractivity contribution in [2.24, 2.45) is 0 Å². The standard InChI is InChI=1S/C16H14Br2N2OS/c1-19(9-11-5-6-15(18)22-11)10-20-8-7-14(21)12-3-2-4-13(17)16(12)20/h2-8H,9-10H2,1H3. The van der Waals surface area contributed by atoms with E-state index in [0.717, 1.165) is 32.4 Å². The molecule has 3 aromatic rings. The lowest BCUT2D eigenvalue weighted by molar-refractivity contribution is 0.266. The van der Waals surface area contributed by atoms with Gasteiger partial charge in [0.2, 0.25) is 0 Å². The molecule has 0 fully saturated rings. The normalized spacial score (nSPS) is 11.5. The Morgan fingerprint density at radius 3 is 2.73 bits per heavy atom. The largest absolute Gasteiger partial charge is 0.333 e. The molecule has 3 nitrogen and oxygen atoms in total. The number of nitrogens with zero attached hydrogens (tertiary/aromatic N) is 2. The lowest BCUT2D eigenvalue weighted by atomic mass is 10.2. The highest BCUT2D eigenvalue weighted by Gasteiger charge is 2.09. The minimum Gasteiger partial charge on any atom is -0.333 e. The molecule has 3 rings (SSSR count). The fourth-order valence-corrected chi connectivity index (χ4v) is 4.62. The van der Waals surface area contributed by atoms with Gasteiger partial charge in [-0.15, -0.1) is 11.3 Å². The van der Waals surface area contributed by atoms with Crippen molar-refractivity contribution in [2.45, 2.75) is 13.2 Å². The van der Waals surface area contributed by atoms with Crippen LogP contribution in [0.25, 0.3) is 10.9 Å². The minimum absolute atomic E-state index is 0.0531. The summed E-state index contributed by atoms with van der Waals surface area (Å²) in [6.07, 6.45) is 1.86. The van der Waals surface area contributed by atoms with Crippen LogP contribution in [-0.2, 0) is 13.2 Å². The lowest BCUT2D eigenvalue weighted by Gasteiger charge is -2.20. The van der Waals surface area contributed by atoms with Gasteiger partial charge in [-0.25, -0.2) is 0 Å². The molecule has 22 heavy (non-hydrogen) atoms. The number of aromatic nitrogens is 1. The molecule has 0 N–H and O–H groups in total. The van der Waals surface area contributed by atoms with Crippen LogP contribution in [-0.4, -0.2) is 16.5 Å². The highest BCUT2D eigenvalue weighted by molar-refractivity contribution is 9.11. The number of fused-ring (bicyclic) bond motifs is 1. The van der Waals surface area contributed by atoms with Crippen molar-refractivity contribution in [3.8, 4) is 0 Å². The maximum absolute atomic E-state index is 12.0. The molecule has 1 aromatic carbocycles. The predicted octanol–water partition coefficient (Wildman–Crippen LogP) is 4.68. The van der Waals surface area contributed by atoms with Gasteiger partial charge >= 0.3 is 0 Å². The van der Waals surface area contributed by atoms with Crippen molar-refractivity contribution in [2.75, 3.05) is 7.05 Å². The first kappa shape index (κ1) is 15.9. The van der Waals surface area contributed by atoms with Gasteiger partial charge in [0.25, 0.3) is 0 Å². The van der Waals surface area contributed by atoms with Crippen molar-refractivity contribution in [3.05, 3.63) is 66.0 Å². The molecule has 0 bridgehead atoms. The Bertz CT molecular complexity index is 872. The zero-order chi connectivity index (χ0) is 15.7. The molecule has 2 aromatic heterocycles. The third-order valence-corrected chi connectivity index (χ3v) is 5.64. The summed E-state index contributed by atoms with van der Waals surface area (Å²) in [6.45, 7) is 1.59. The van der Waals surface area contributed by atoms with E-state index in [1.807, 2.05) is 24.4 Å². The van der Waals surface area contributed by atoms with Crippen molar-refractivity contribution in [1.29, 1.82) is 0 Å². The summed E-state index contributed by atoms with van der Waals surface area (Å²) in [5.41, 5.74) is 0.992. The first-order valence-electron chi connectivity index (χ1n) is 6.75. The number of thiophene rings is 1. The van der Waals surface area contributed by atoms with Crippen molar-refractivity contribution >= 4 is 54.1 Å². The van der Waals surface area contributed by atoms with E-state index in [4.69, 9.17) is 0 Å². The molecule has 0 radical (unpaired) electrons. The number of rotatable bonds is 4. The topological polar surface area (TPSA) is 25.2 Å². The van der Waals surface area contributed by atoms with E-state index in [9.17, 15) is 4.79 Å². The molecule has 6 heteroatoms. The van der Waals surface area contributed by atoms with Crippen molar-refractivity contribution in [1.82, 2.24) is 9.47 Å². The molecule has 0 saturated heterocycles. The molecule has 0 amide bonds.